The van der Waals surface area contributed by atoms with Crippen molar-refractivity contribution in [2.24, 2.45) is 0 Å². The van der Waals surface area contributed by atoms with E-state index in [9.17, 15) is 26.7 Å². The molecule has 1 heterocycles. The number of hydrogen-bond acceptors (Lipinski definition) is 5. The molecule has 1 aliphatic carbocycles. The zero-order chi connectivity index (χ0) is 23.5. The maximum absolute atomic E-state index is 14.2. The largest absolute Gasteiger partial charge is 0.460 e. The molecule has 0 amide bonds. The molecule has 10 heteroatoms. The number of rotatable bonds is 10. The number of carbonyl (C=O) groups excluding carboxylic acids is 1. The maximum Gasteiger partial charge on any atom is 0.387 e. The third-order valence-electron chi connectivity index (χ3n) is 5.42. The van der Waals surface area contributed by atoms with Crippen LogP contribution in [0.3, 0.4) is 0 Å². The van der Waals surface area contributed by atoms with Crippen molar-refractivity contribution in [3.05, 3.63) is 47.5 Å². The van der Waals surface area contributed by atoms with Gasteiger partial charge < -0.3 is 9.47 Å². The van der Waals surface area contributed by atoms with E-state index in [-0.39, 0.29) is 17.7 Å². The number of carbonyl (C=O) groups is 1. The van der Waals surface area contributed by atoms with Crippen molar-refractivity contribution < 1.29 is 36.2 Å². The smallest absolute Gasteiger partial charge is 0.387 e. The zero-order valence-corrected chi connectivity index (χ0v) is 17.6. The predicted octanol–water partition coefficient (Wildman–Crippen LogP) is 5.13. The number of aromatic nitrogens is 1. The van der Waals surface area contributed by atoms with Gasteiger partial charge in [-0.1, -0.05) is 6.07 Å². The Balaban J connectivity index is 1.91. The van der Waals surface area contributed by atoms with Gasteiger partial charge >= 0.3 is 6.61 Å². The molecule has 0 atom stereocenters. The molecule has 174 valence electrons. The second-order valence-electron chi connectivity index (χ2n) is 8.07. The average molecular weight is 458 g/mol. The summed E-state index contributed by atoms with van der Waals surface area (Å²) >= 11 is 0. The van der Waals surface area contributed by atoms with Crippen LogP contribution in [0.25, 0.3) is 11.1 Å². The molecule has 0 unspecified atom stereocenters. The van der Waals surface area contributed by atoms with E-state index in [1.807, 2.05) is 0 Å². The van der Waals surface area contributed by atoms with Gasteiger partial charge in [0.05, 0.1) is 0 Å². The van der Waals surface area contributed by atoms with Gasteiger partial charge in [0.15, 0.2) is 11.6 Å². The topological polar surface area (TPSA) is 51.7 Å². The number of likely N-dealkylation sites (N-methyl/N-ethyl adjacent to an activating group) is 1. The molecule has 5 nitrogen and oxygen atoms in total. The van der Waals surface area contributed by atoms with Crippen LogP contribution in [0.1, 0.15) is 37.4 Å². The molecule has 0 aliphatic heterocycles. The third kappa shape index (κ3) is 5.53. The second kappa shape index (κ2) is 9.40. The Morgan fingerprint density at radius 2 is 1.97 bits per heavy atom. The summed E-state index contributed by atoms with van der Waals surface area (Å²) in [6, 6.07) is 4.81. The molecule has 1 aromatic heterocycles. The van der Waals surface area contributed by atoms with Gasteiger partial charge in [0.2, 0.25) is 0 Å². The van der Waals surface area contributed by atoms with Gasteiger partial charge in [0.1, 0.15) is 11.3 Å². The monoisotopic (exact) mass is 458 g/mol. The van der Waals surface area contributed by atoms with Crippen molar-refractivity contribution >= 4 is 6.47 Å². The number of benzene rings is 1. The Kier molecular flexibility index (Phi) is 7.02. The Hall–Kier alpha value is -2.75. The second-order valence-corrected chi connectivity index (χ2v) is 8.07. The highest BCUT2D eigenvalue weighted by Gasteiger charge is 2.40. The van der Waals surface area contributed by atoms with E-state index < -0.39 is 35.4 Å². The van der Waals surface area contributed by atoms with Crippen molar-refractivity contribution in [1.82, 2.24) is 9.88 Å². The lowest BCUT2D eigenvalue weighted by Crippen LogP contribution is -2.48. The summed E-state index contributed by atoms with van der Waals surface area (Å²) in [4.78, 5) is 16.5. The zero-order valence-electron chi connectivity index (χ0n) is 17.6. The first kappa shape index (κ1) is 23.9. The van der Waals surface area contributed by atoms with Crippen LogP contribution in [-0.4, -0.2) is 42.2 Å². The minimum Gasteiger partial charge on any atom is -0.460 e. The molecule has 1 saturated carbocycles. The van der Waals surface area contributed by atoms with Gasteiger partial charge in [-0.25, -0.2) is 4.39 Å². The molecule has 0 N–H and O–H groups in total. The predicted molar refractivity (Wildman–Crippen MR) is 106 cm³/mol. The summed E-state index contributed by atoms with van der Waals surface area (Å²) < 4.78 is 76.6. The molecular formula is C22H23F5N2O3. The molecule has 32 heavy (non-hydrogen) atoms. The van der Waals surface area contributed by atoms with Gasteiger partial charge in [-0.2, -0.15) is 17.6 Å². The van der Waals surface area contributed by atoms with Crippen LogP contribution in [0, 0.1) is 5.82 Å². The van der Waals surface area contributed by atoms with E-state index in [0.29, 0.717) is 31.4 Å². The van der Waals surface area contributed by atoms with E-state index >= 15 is 0 Å². The van der Waals surface area contributed by atoms with E-state index in [1.54, 1.807) is 11.9 Å². The summed E-state index contributed by atoms with van der Waals surface area (Å²) in [5, 5.41) is 0. The first-order valence-corrected chi connectivity index (χ1v) is 9.95. The van der Waals surface area contributed by atoms with Crippen LogP contribution >= 0.6 is 0 Å². The van der Waals surface area contributed by atoms with Crippen LogP contribution in [-0.2, 0) is 22.0 Å². The standard InChI is InChI=1S/C22H23F5N2O3/c1-21(26,27)19-16(11-29(2)12-22(31-13-30)6-3-7-22)8-15(10-28-19)14-4-5-17(23)18(9-14)32-20(24)25/h4-5,8-10,13,20H,3,6-7,11-12H2,1-2H3. The van der Waals surface area contributed by atoms with Crippen molar-refractivity contribution in [3.8, 4) is 16.9 Å². The summed E-state index contributed by atoms with van der Waals surface area (Å²) in [6.07, 6.45) is 3.46. The molecule has 1 aromatic carbocycles. The van der Waals surface area contributed by atoms with E-state index in [1.165, 1.54) is 18.3 Å². The Labute approximate surface area is 182 Å². The average Bonchev–Trinajstić information content (AvgIpc) is 2.66. The van der Waals surface area contributed by atoms with Crippen LogP contribution < -0.4 is 4.74 Å². The fourth-order valence-electron chi connectivity index (χ4n) is 3.88. The highest BCUT2D eigenvalue weighted by Crippen LogP contribution is 2.37. The molecule has 0 bridgehead atoms. The number of alkyl halides is 4. The molecular weight excluding hydrogens is 435 g/mol. The SMILES string of the molecule is CN(Cc1cc(-c2ccc(F)c(OC(F)F)c2)cnc1C(C)(F)F)CC1(OC=O)CCC1. The third-order valence-corrected chi connectivity index (χ3v) is 5.42. The lowest BCUT2D eigenvalue weighted by Gasteiger charge is -2.42. The van der Waals surface area contributed by atoms with Crippen LogP contribution in [0.2, 0.25) is 0 Å². The van der Waals surface area contributed by atoms with Gasteiger partial charge in [-0.3, -0.25) is 14.7 Å². The number of ether oxygens (including phenoxy) is 2. The molecule has 1 aliphatic rings. The minimum atomic E-state index is -3.23. The van der Waals surface area contributed by atoms with Crippen molar-refractivity contribution in [2.45, 2.75) is 50.9 Å². The summed E-state index contributed by atoms with van der Waals surface area (Å²) in [5.74, 6) is -4.85. The normalized spacial score (nSPS) is 15.5. The maximum atomic E-state index is 14.2. The quantitative estimate of drug-likeness (QED) is 0.365. The Bertz CT molecular complexity index is 961. The molecule has 1 fully saturated rings. The fourth-order valence-corrected chi connectivity index (χ4v) is 3.88. The fraction of sp³-hybridized carbons (Fsp3) is 0.455. The van der Waals surface area contributed by atoms with Gasteiger partial charge in [-0.15, -0.1) is 0 Å². The van der Waals surface area contributed by atoms with E-state index in [0.717, 1.165) is 25.5 Å². The van der Waals surface area contributed by atoms with Gasteiger partial charge in [-0.05, 0) is 55.6 Å². The lowest BCUT2D eigenvalue weighted by atomic mass is 9.79. The number of nitrogens with zero attached hydrogens (tertiary/aromatic N) is 2. The molecule has 2 aromatic rings. The van der Waals surface area contributed by atoms with Crippen LogP contribution in [0.4, 0.5) is 22.0 Å². The van der Waals surface area contributed by atoms with Crippen LogP contribution in [0.15, 0.2) is 30.5 Å². The molecule has 0 spiro atoms. The molecule has 0 saturated heterocycles. The highest BCUT2D eigenvalue weighted by molar-refractivity contribution is 5.65. The molecule has 0 radical (unpaired) electrons. The van der Waals surface area contributed by atoms with Gasteiger partial charge in [0, 0.05) is 31.8 Å². The summed E-state index contributed by atoms with van der Waals surface area (Å²) in [5.41, 5.74) is -0.237. The number of halogens is 5. The van der Waals surface area contributed by atoms with Crippen LogP contribution in [0.5, 0.6) is 5.75 Å². The van der Waals surface area contributed by atoms with Crippen molar-refractivity contribution in [3.63, 3.8) is 0 Å². The summed E-state index contributed by atoms with van der Waals surface area (Å²) in [6.45, 7) is -1.66. The van der Waals surface area contributed by atoms with Crippen molar-refractivity contribution in [2.75, 3.05) is 13.6 Å². The number of hydrogen-bond donors (Lipinski definition) is 0. The Morgan fingerprint density at radius 1 is 1.25 bits per heavy atom. The number of pyridine rings is 1. The van der Waals surface area contributed by atoms with E-state index in [4.69, 9.17) is 4.74 Å². The molecule has 3 rings (SSSR count). The summed E-state index contributed by atoms with van der Waals surface area (Å²) in [7, 11) is 1.71. The highest BCUT2D eigenvalue weighted by atomic mass is 19.3. The van der Waals surface area contributed by atoms with Gasteiger partial charge in [0.25, 0.3) is 12.4 Å². The first-order chi connectivity index (χ1) is 15.0. The van der Waals surface area contributed by atoms with Crippen molar-refractivity contribution in [1.29, 1.82) is 0 Å². The minimum absolute atomic E-state index is 0.0746. The Morgan fingerprint density at radius 3 is 2.53 bits per heavy atom. The lowest BCUT2D eigenvalue weighted by molar-refractivity contribution is -0.156. The van der Waals surface area contributed by atoms with E-state index in [2.05, 4.69) is 9.72 Å². The first-order valence-electron chi connectivity index (χ1n) is 9.95.